The van der Waals surface area contributed by atoms with Crippen LogP contribution in [0.2, 0.25) is 5.02 Å². The molecular formula is C14H13BrClNO2. The van der Waals surface area contributed by atoms with Crippen molar-refractivity contribution in [3.63, 3.8) is 0 Å². The summed E-state index contributed by atoms with van der Waals surface area (Å²) in [5.41, 5.74) is 1.51. The van der Waals surface area contributed by atoms with Gasteiger partial charge in [-0.25, -0.2) is 0 Å². The molecule has 1 unspecified atom stereocenters. The lowest BCUT2D eigenvalue weighted by molar-refractivity contribution is 0.172. The van der Waals surface area contributed by atoms with Gasteiger partial charge in [-0.1, -0.05) is 27.5 Å². The molecule has 1 aromatic heterocycles. The van der Waals surface area contributed by atoms with E-state index in [0.29, 0.717) is 17.1 Å². The molecule has 0 fully saturated rings. The van der Waals surface area contributed by atoms with Gasteiger partial charge in [0.2, 0.25) is 0 Å². The lowest BCUT2D eigenvalue weighted by Crippen LogP contribution is -2.05. The van der Waals surface area contributed by atoms with E-state index in [0.717, 1.165) is 15.8 Å². The van der Waals surface area contributed by atoms with Crippen LogP contribution >= 0.6 is 27.5 Å². The Morgan fingerprint density at radius 1 is 1.37 bits per heavy atom. The van der Waals surface area contributed by atoms with Crippen LogP contribution in [0, 0.1) is 0 Å². The van der Waals surface area contributed by atoms with E-state index in [-0.39, 0.29) is 0 Å². The number of benzene rings is 1. The van der Waals surface area contributed by atoms with Gasteiger partial charge in [-0.15, -0.1) is 0 Å². The maximum Gasteiger partial charge on any atom is 0.122 e. The van der Waals surface area contributed by atoms with E-state index in [1.165, 1.54) is 6.20 Å². The molecule has 1 heterocycles. The van der Waals surface area contributed by atoms with Crippen LogP contribution in [0.1, 0.15) is 17.4 Å². The zero-order chi connectivity index (χ0) is 13.8. The number of rotatable bonds is 4. The van der Waals surface area contributed by atoms with Crippen LogP contribution in [-0.2, 0) is 6.42 Å². The molecule has 2 rings (SSSR count). The highest BCUT2D eigenvalue weighted by Gasteiger charge is 2.13. The topological polar surface area (TPSA) is 42.4 Å². The number of halogens is 2. The van der Waals surface area contributed by atoms with E-state index in [9.17, 15) is 5.11 Å². The van der Waals surface area contributed by atoms with Crippen LogP contribution in [0.5, 0.6) is 5.75 Å². The van der Waals surface area contributed by atoms with Crippen molar-refractivity contribution in [2.75, 3.05) is 7.11 Å². The van der Waals surface area contributed by atoms with Crippen molar-refractivity contribution in [2.45, 2.75) is 12.5 Å². The fraction of sp³-hybridized carbons (Fsp3) is 0.214. The molecular weight excluding hydrogens is 330 g/mol. The molecule has 0 saturated heterocycles. The minimum Gasteiger partial charge on any atom is -0.496 e. The number of methoxy groups -OCH3 is 1. The number of ether oxygens (including phenoxy) is 1. The van der Waals surface area contributed by atoms with Gasteiger partial charge in [0.15, 0.2) is 0 Å². The third kappa shape index (κ3) is 3.69. The normalized spacial score (nSPS) is 12.2. The second-order valence-electron chi connectivity index (χ2n) is 4.08. The summed E-state index contributed by atoms with van der Waals surface area (Å²) in [6.07, 6.45) is 1.26. The minimum absolute atomic E-state index is 0.428. The number of aliphatic hydroxyl groups is 1. The maximum atomic E-state index is 10.2. The molecule has 0 aliphatic carbocycles. The molecule has 1 N–H and O–H groups in total. The van der Waals surface area contributed by atoms with Gasteiger partial charge in [0.1, 0.15) is 11.9 Å². The first-order chi connectivity index (χ1) is 9.10. The average molecular weight is 343 g/mol. The van der Waals surface area contributed by atoms with Gasteiger partial charge in [-0.2, -0.15) is 0 Å². The molecule has 5 heteroatoms. The van der Waals surface area contributed by atoms with Crippen molar-refractivity contribution in [3.8, 4) is 5.75 Å². The third-order valence-corrected chi connectivity index (χ3v) is 3.46. The molecule has 0 radical (unpaired) electrons. The fourth-order valence-corrected chi connectivity index (χ4v) is 2.32. The smallest absolute Gasteiger partial charge is 0.122 e. The van der Waals surface area contributed by atoms with Gasteiger partial charge in [-0.3, -0.25) is 4.98 Å². The van der Waals surface area contributed by atoms with Gasteiger partial charge in [0, 0.05) is 17.1 Å². The van der Waals surface area contributed by atoms with Crippen molar-refractivity contribution in [1.82, 2.24) is 4.98 Å². The summed E-state index contributed by atoms with van der Waals surface area (Å²) < 4.78 is 6.23. The minimum atomic E-state index is -0.694. The van der Waals surface area contributed by atoms with E-state index >= 15 is 0 Å². The molecule has 1 aromatic carbocycles. The van der Waals surface area contributed by atoms with Crippen LogP contribution in [0.3, 0.4) is 0 Å². The predicted molar refractivity (Wildman–Crippen MR) is 78.6 cm³/mol. The van der Waals surface area contributed by atoms with Crippen LogP contribution < -0.4 is 4.74 Å². The first kappa shape index (κ1) is 14.3. The van der Waals surface area contributed by atoms with Crippen molar-refractivity contribution in [3.05, 3.63) is 57.3 Å². The number of nitrogens with zero attached hydrogens (tertiary/aromatic N) is 1. The maximum absolute atomic E-state index is 10.2. The number of hydrogen-bond acceptors (Lipinski definition) is 3. The van der Waals surface area contributed by atoms with E-state index in [2.05, 4.69) is 20.9 Å². The van der Waals surface area contributed by atoms with E-state index in [4.69, 9.17) is 16.3 Å². The molecule has 19 heavy (non-hydrogen) atoms. The average Bonchev–Trinajstić information content (AvgIpc) is 2.39. The zero-order valence-corrected chi connectivity index (χ0v) is 12.6. The Morgan fingerprint density at radius 2 is 2.16 bits per heavy atom. The number of hydrogen-bond donors (Lipinski definition) is 1. The lowest BCUT2D eigenvalue weighted by atomic mass is 10.0. The van der Waals surface area contributed by atoms with Crippen LogP contribution in [0.4, 0.5) is 0 Å². The Labute approximate surface area is 125 Å². The van der Waals surface area contributed by atoms with Crippen LogP contribution in [-0.4, -0.2) is 17.2 Å². The molecule has 2 aromatic rings. The molecule has 0 saturated carbocycles. The van der Waals surface area contributed by atoms with Crippen LogP contribution in [0.25, 0.3) is 0 Å². The van der Waals surface area contributed by atoms with Gasteiger partial charge >= 0.3 is 0 Å². The largest absolute Gasteiger partial charge is 0.496 e. The second-order valence-corrected chi connectivity index (χ2v) is 5.43. The third-order valence-electron chi connectivity index (χ3n) is 2.75. The van der Waals surface area contributed by atoms with Gasteiger partial charge in [-0.05, 0) is 35.9 Å². The summed E-state index contributed by atoms with van der Waals surface area (Å²) in [6.45, 7) is 0. The van der Waals surface area contributed by atoms with Crippen LogP contribution in [0.15, 0.2) is 41.0 Å². The standard InChI is InChI=1S/C14H13BrClNO2/c1-19-14-5-2-10(15)6-9(14)7-13(18)12-4-3-11(16)8-17-12/h2-6,8,13,18H,7H2,1H3. The fourth-order valence-electron chi connectivity index (χ4n) is 1.80. The SMILES string of the molecule is COc1ccc(Br)cc1CC(O)c1ccc(Cl)cn1. The van der Waals surface area contributed by atoms with Crippen molar-refractivity contribution in [1.29, 1.82) is 0 Å². The zero-order valence-electron chi connectivity index (χ0n) is 10.3. The monoisotopic (exact) mass is 341 g/mol. The first-order valence-corrected chi connectivity index (χ1v) is 6.89. The molecule has 100 valence electrons. The number of aliphatic hydroxyl groups excluding tert-OH is 1. The molecule has 0 bridgehead atoms. The summed E-state index contributed by atoms with van der Waals surface area (Å²) in [5, 5.41) is 10.8. The second kappa shape index (κ2) is 6.37. The molecule has 0 amide bonds. The quantitative estimate of drug-likeness (QED) is 0.919. The number of aromatic nitrogens is 1. The lowest BCUT2D eigenvalue weighted by Gasteiger charge is -2.13. The molecule has 0 spiro atoms. The van der Waals surface area contributed by atoms with Crippen molar-refractivity contribution in [2.24, 2.45) is 0 Å². The van der Waals surface area contributed by atoms with Gasteiger partial charge in [0.05, 0.1) is 17.8 Å². The van der Waals surface area contributed by atoms with E-state index in [1.54, 1.807) is 19.2 Å². The highest BCUT2D eigenvalue weighted by molar-refractivity contribution is 9.10. The van der Waals surface area contributed by atoms with Crippen molar-refractivity contribution >= 4 is 27.5 Å². The molecule has 1 atom stereocenters. The summed E-state index contributed by atoms with van der Waals surface area (Å²) >= 11 is 9.19. The number of pyridine rings is 1. The van der Waals surface area contributed by atoms with E-state index in [1.807, 2.05) is 18.2 Å². The van der Waals surface area contributed by atoms with E-state index < -0.39 is 6.10 Å². The van der Waals surface area contributed by atoms with Gasteiger partial charge in [0.25, 0.3) is 0 Å². The molecule has 0 aliphatic rings. The Bertz CT molecular complexity index is 560. The summed E-state index contributed by atoms with van der Waals surface area (Å²) in [7, 11) is 1.61. The Balaban J connectivity index is 2.20. The predicted octanol–water partition coefficient (Wildman–Crippen LogP) is 3.78. The highest BCUT2D eigenvalue weighted by Crippen LogP contribution is 2.27. The van der Waals surface area contributed by atoms with Crippen molar-refractivity contribution < 1.29 is 9.84 Å². The van der Waals surface area contributed by atoms with Gasteiger partial charge < -0.3 is 9.84 Å². The first-order valence-electron chi connectivity index (χ1n) is 5.72. The highest BCUT2D eigenvalue weighted by atomic mass is 79.9. The Hall–Kier alpha value is -1.10. The Kier molecular flexibility index (Phi) is 4.80. The Morgan fingerprint density at radius 3 is 2.79 bits per heavy atom. The summed E-state index contributed by atoms with van der Waals surface area (Å²) in [6, 6.07) is 9.12. The molecule has 0 aliphatic heterocycles. The summed E-state index contributed by atoms with van der Waals surface area (Å²) in [5.74, 6) is 0.746. The summed E-state index contributed by atoms with van der Waals surface area (Å²) in [4.78, 5) is 4.12. The molecule has 3 nitrogen and oxygen atoms in total.